The smallest absolute Gasteiger partial charge is 0.394 e. The predicted molar refractivity (Wildman–Crippen MR) is 126 cm³/mol. The summed E-state index contributed by atoms with van der Waals surface area (Å²) in [5.74, 6) is 0.0284. The normalized spacial score (nSPS) is 16.6. The number of carbonyl (C=O) groups is 1. The van der Waals surface area contributed by atoms with Crippen molar-refractivity contribution < 1.29 is 23.4 Å². The van der Waals surface area contributed by atoms with Crippen LogP contribution in [0.2, 0.25) is 0 Å². The highest BCUT2D eigenvalue weighted by molar-refractivity contribution is 5.91. The van der Waals surface area contributed by atoms with Crippen molar-refractivity contribution in [3.05, 3.63) is 54.1 Å². The number of aliphatic hydroxyl groups excluding tert-OH is 1. The maximum atomic E-state index is 13.0. The van der Waals surface area contributed by atoms with E-state index in [2.05, 4.69) is 19.9 Å². The lowest BCUT2D eigenvalue weighted by atomic mass is 10.1. The van der Waals surface area contributed by atoms with Crippen LogP contribution in [-0.4, -0.2) is 60.8 Å². The molecule has 2 aromatic carbocycles. The fourth-order valence-corrected chi connectivity index (χ4v) is 4.08. The van der Waals surface area contributed by atoms with Gasteiger partial charge in [-0.3, -0.25) is 9.69 Å². The summed E-state index contributed by atoms with van der Waals surface area (Å²) in [6, 6.07) is 14.1. The average molecular weight is 462 g/mol. The van der Waals surface area contributed by atoms with Crippen LogP contribution >= 0.6 is 0 Å². The molecule has 0 spiro atoms. The summed E-state index contributed by atoms with van der Waals surface area (Å²) >= 11 is 0. The van der Waals surface area contributed by atoms with E-state index in [0.29, 0.717) is 0 Å². The molecule has 1 heterocycles. The number of nitrogens with one attached hydrogen (secondary N) is 1. The van der Waals surface area contributed by atoms with Crippen molar-refractivity contribution in [3.63, 3.8) is 0 Å². The molecule has 0 aromatic heterocycles. The molecule has 0 bridgehead atoms. The van der Waals surface area contributed by atoms with Crippen LogP contribution in [0.25, 0.3) is 0 Å². The number of carbonyl (C=O) groups excluding carboxylic acids is 1. The van der Waals surface area contributed by atoms with Gasteiger partial charge in [0.05, 0.1) is 6.61 Å². The monoisotopic (exact) mass is 461 g/mol. The van der Waals surface area contributed by atoms with E-state index in [1.54, 1.807) is 24.3 Å². The van der Waals surface area contributed by atoms with Crippen LogP contribution in [0, 0.1) is 6.92 Å². The van der Waals surface area contributed by atoms with Gasteiger partial charge in [0.25, 0.3) is 0 Å². The fraction of sp³-hybridized carbons (Fsp3) is 0.480. The molecule has 1 atom stereocenters. The van der Waals surface area contributed by atoms with Gasteiger partial charge in [-0.25, -0.2) is 0 Å². The van der Waals surface area contributed by atoms with Crippen LogP contribution in [0.1, 0.15) is 31.7 Å². The lowest BCUT2D eigenvalue weighted by molar-refractivity contribution is -0.158. The highest BCUT2D eigenvalue weighted by Gasteiger charge is 2.24. The zero-order chi connectivity index (χ0) is 23.8. The van der Waals surface area contributed by atoms with Crippen LogP contribution < -0.4 is 15.0 Å². The average Bonchev–Trinajstić information content (AvgIpc) is 2.74. The van der Waals surface area contributed by atoms with Crippen molar-refractivity contribution in [2.24, 2.45) is 0 Å². The summed E-state index contributed by atoms with van der Waals surface area (Å²) in [5, 5.41) is 12.8. The summed E-state index contributed by atoms with van der Waals surface area (Å²) in [7, 11) is 0. The minimum Gasteiger partial charge on any atom is -0.433 e. The minimum absolute atomic E-state index is 0.0748. The van der Waals surface area contributed by atoms with E-state index in [0.717, 1.165) is 62.9 Å². The van der Waals surface area contributed by atoms with Gasteiger partial charge in [-0.15, -0.1) is 0 Å². The van der Waals surface area contributed by atoms with Gasteiger partial charge >= 0.3 is 6.11 Å². The van der Waals surface area contributed by atoms with E-state index in [-0.39, 0.29) is 30.7 Å². The Morgan fingerprint density at radius 1 is 1.06 bits per heavy atom. The molecule has 8 heteroatoms. The van der Waals surface area contributed by atoms with E-state index in [9.17, 15) is 18.7 Å². The van der Waals surface area contributed by atoms with Gasteiger partial charge in [-0.05, 0) is 56.2 Å². The molecule has 2 aromatic rings. The number of halogens is 2. The topological polar surface area (TPSA) is 65.0 Å². The summed E-state index contributed by atoms with van der Waals surface area (Å²) in [6.45, 7) is 5.77. The quantitative estimate of drug-likeness (QED) is 0.615. The van der Waals surface area contributed by atoms with Crippen molar-refractivity contribution in [3.8, 4) is 5.75 Å². The summed E-state index contributed by atoms with van der Waals surface area (Å²) in [4.78, 5) is 16.9. The molecule has 6 nitrogen and oxygen atoms in total. The number of aliphatic hydroxyl groups is 1. The zero-order valence-electron chi connectivity index (χ0n) is 19.3. The summed E-state index contributed by atoms with van der Waals surface area (Å²) < 4.78 is 30.6. The fourth-order valence-electron chi connectivity index (χ4n) is 4.08. The molecule has 1 fully saturated rings. The SMILES string of the molecule is Cc1ccc(NC(=O)CC(CO)N2CCCN(c3ccc(OC(C)(F)F)cc3)CCC2)cc1. The minimum atomic E-state index is -3.20. The molecule has 1 amide bonds. The number of benzene rings is 2. The van der Waals surface area contributed by atoms with E-state index in [1.165, 1.54) is 0 Å². The van der Waals surface area contributed by atoms with E-state index < -0.39 is 6.11 Å². The second-order valence-electron chi connectivity index (χ2n) is 8.59. The van der Waals surface area contributed by atoms with Gasteiger partial charge in [0.1, 0.15) is 5.75 Å². The largest absolute Gasteiger partial charge is 0.433 e. The van der Waals surface area contributed by atoms with Gasteiger partial charge in [0.2, 0.25) is 5.91 Å². The number of hydrogen-bond donors (Lipinski definition) is 2. The van der Waals surface area contributed by atoms with Crippen LogP contribution in [0.3, 0.4) is 0 Å². The maximum absolute atomic E-state index is 13.0. The molecule has 1 aliphatic heterocycles. The van der Waals surface area contributed by atoms with E-state index in [1.807, 2.05) is 31.2 Å². The van der Waals surface area contributed by atoms with Crippen LogP contribution in [-0.2, 0) is 4.79 Å². The highest BCUT2D eigenvalue weighted by atomic mass is 19.3. The first-order chi connectivity index (χ1) is 15.7. The second kappa shape index (κ2) is 11.4. The number of amides is 1. The molecule has 2 N–H and O–H groups in total. The first-order valence-electron chi connectivity index (χ1n) is 11.4. The third kappa shape index (κ3) is 7.98. The molecular weight excluding hydrogens is 428 g/mol. The molecule has 0 saturated carbocycles. The number of anilines is 2. The van der Waals surface area contributed by atoms with Crippen molar-refractivity contribution in [2.75, 3.05) is 43.0 Å². The summed E-state index contributed by atoms with van der Waals surface area (Å²) in [6.07, 6.45) is -1.24. The molecule has 0 aliphatic carbocycles. The molecule has 0 radical (unpaired) electrons. The van der Waals surface area contributed by atoms with Crippen molar-refractivity contribution >= 4 is 17.3 Å². The zero-order valence-corrected chi connectivity index (χ0v) is 19.3. The Balaban J connectivity index is 1.50. The van der Waals surface area contributed by atoms with Crippen molar-refractivity contribution in [1.29, 1.82) is 0 Å². The first kappa shape index (κ1) is 24.9. The van der Waals surface area contributed by atoms with E-state index in [4.69, 9.17) is 0 Å². The van der Waals surface area contributed by atoms with E-state index >= 15 is 0 Å². The van der Waals surface area contributed by atoms with Crippen LogP contribution in [0.4, 0.5) is 20.2 Å². The molecule has 1 aliphatic rings. The highest BCUT2D eigenvalue weighted by Crippen LogP contribution is 2.25. The number of ether oxygens (including phenoxy) is 1. The van der Waals surface area contributed by atoms with Gasteiger partial charge < -0.3 is 20.1 Å². The Kier molecular flexibility index (Phi) is 8.63. The third-order valence-corrected chi connectivity index (χ3v) is 5.73. The Bertz CT molecular complexity index is 875. The molecular formula is C25H33F2N3O3. The van der Waals surface area contributed by atoms with Gasteiger partial charge in [0, 0.05) is 56.9 Å². The Hall–Kier alpha value is -2.71. The van der Waals surface area contributed by atoms with Gasteiger partial charge in [0.15, 0.2) is 0 Å². The molecule has 180 valence electrons. The lowest BCUT2D eigenvalue weighted by Gasteiger charge is -2.35. The second-order valence-corrected chi connectivity index (χ2v) is 8.59. The number of alkyl halides is 2. The summed E-state index contributed by atoms with van der Waals surface area (Å²) in [5.41, 5.74) is 2.85. The van der Waals surface area contributed by atoms with Crippen molar-refractivity contribution in [1.82, 2.24) is 4.90 Å². The molecule has 33 heavy (non-hydrogen) atoms. The standard InChI is InChI=1S/C25H33F2N3O3/c1-19-5-7-20(8-6-19)28-24(32)17-22(18-31)30-15-3-13-29(14-4-16-30)21-9-11-23(12-10-21)33-25(2,26)27/h5-12,22,31H,3-4,13-18H2,1-2H3,(H,28,32). The third-order valence-electron chi connectivity index (χ3n) is 5.73. The van der Waals surface area contributed by atoms with Gasteiger partial charge in [-0.1, -0.05) is 17.7 Å². The lowest BCUT2D eigenvalue weighted by Crippen LogP contribution is -2.45. The van der Waals surface area contributed by atoms with Crippen LogP contribution in [0.5, 0.6) is 5.75 Å². The molecule has 3 rings (SSSR count). The predicted octanol–water partition coefficient (Wildman–Crippen LogP) is 4.28. The number of aryl methyl sites for hydroxylation is 1. The number of hydrogen-bond acceptors (Lipinski definition) is 5. The Morgan fingerprint density at radius 3 is 2.21 bits per heavy atom. The Morgan fingerprint density at radius 2 is 1.67 bits per heavy atom. The Labute approximate surface area is 194 Å². The maximum Gasteiger partial charge on any atom is 0.394 e. The molecule has 1 unspecified atom stereocenters. The molecule has 1 saturated heterocycles. The van der Waals surface area contributed by atoms with Crippen molar-refractivity contribution in [2.45, 2.75) is 45.3 Å². The van der Waals surface area contributed by atoms with Gasteiger partial charge in [-0.2, -0.15) is 8.78 Å². The van der Waals surface area contributed by atoms with Crippen LogP contribution in [0.15, 0.2) is 48.5 Å². The number of rotatable bonds is 8. The first-order valence-corrected chi connectivity index (χ1v) is 11.4. The number of nitrogens with zero attached hydrogens (tertiary/aromatic N) is 2.